The zero-order valence-electron chi connectivity index (χ0n) is 7.90. The van der Waals surface area contributed by atoms with Crippen LogP contribution in [0.4, 0.5) is 0 Å². The standard InChI is InChI=1S/C11H9BrO2S/c12-8-3-1-2-7-6-9(15-10(7)8)11-13-4-5-14-11/h1-3,6,11H,4-5H2. The first-order valence-corrected chi connectivity index (χ1v) is 6.37. The smallest absolute Gasteiger partial charge is 0.193 e. The molecule has 0 atom stereocenters. The van der Waals surface area contributed by atoms with E-state index in [2.05, 4.69) is 34.1 Å². The summed E-state index contributed by atoms with van der Waals surface area (Å²) in [6.07, 6.45) is -0.158. The highest BCUT2D eigenvalue weighted by Gasteiger charge is 2.20. The van der Waals surface area contributed by atoms with Crippen LogP contribution < -0.4 is 0 Å². The van der Waals surface area contributed by atoms with E-state index in [4.69, 9.17) is 9.47 Å². The lowest BCUT2D eigenvalue weighted by Gasteiger charge is -2.04. The molecule has 2 heterocycles. The molecule has 1 aliphatic rings. The molecule has 4 heteroatoms. The Morgan fingerprint density at radius 3 is 2.80 bits per heavy atom. The van der Waals surface area contributed by atoms with Crippen molar-refractivity contribution in [2.45, 2.75) is 6.29 Å². The quantitative estimate of drug-likeness (QED) is 0.795. The molecule has 0 saturated carbocycles. The van der Waals surface area contributed by atoms with E-state index in [0.717, 1.165) is 9.35 Å². The highest BCUT2D eigenvalue weighted by molar-refractivity contribution is 9.10. The van der Waals surface area contributed by atoms with Gasteiger partial charge in [0, 0.05) is 9.17 Å². The van der Waals surface area contributed by atoms with Gasteiger partial charge in [0.25, 0.3) is 0 Å². The van der Waals surface area contributed by atoms with E-state index in [-0.39, 0.29) is 6.29 Å². The van der Waals surface area contributed by atoms with Crippen LogP contribution in [0, 0.1) is 0 Å². The topological polar surface area (TPSA) is 18.5 Å². The molecule has 15 heavy (non-hydrogen) atoms. The summed E-state index contributed by atoms with van der Waals surface area (Å²) >= 11 is 5.27. The molecular weight excluding hydrogens is 276 g/mol. The maximum absolute atomic E-state index is 5.48. The van der Waals surface area contributed by atoms with Crippen LogP contribution in [0.1, 0.15) is 11.2 Å². The third kappa shape index (κ3) is 1.72. The number of hydrogen-bond donors (Lipinski definition) is 0. The van der Waals surface area contributed by atoms with Gasteiger partial charge in [0.05, 0.1) is 18.1 Å². The van der Waals surface area contributed by atoms with Gasteiger partial charge in [0.15, 0.2) is 6.29 Å². The van der Waals surface area contributed by atoms with E-state index >= 15 is 0 Å². The molecule has 1 aromatic carbocycles. The molecule has 3 rings (SSSR count). The minimum absolute atomic E-state index is 0.158. The van der Waals surface area contributed by atoms with E-state index in [0.29, 0.717) is 13.2 Å². The number of ether oxygens (including phenoxy) is 2. The van der Waals surface area contributed by atoms with Crippen molar-refractivity contribution in [1.29, 1.82) is 0 Å². The molecule has 1 aliphatic heterocycles. The number of thiophene rings is 1. The van der Waals surface area contributed by atoms with Gasteiger partial charge in [-0.2, -0.15) is 0 Å². The minimum atomic E-state index is -0.158. The summed E-state index contributed by atoms with van der Waals surface area (Å²) in [6, 6.07) is 8.34. The van der Waals surface area contributed by atoms with Crippen molar-refractivity contribution in [3.8, 4) is 0 Å². The lowest BCUT2D eigenvalue weighted by atomic mass is 10.2. The number of fused-ring (bicyclic) bond motifs is 1. The van der Waals surface area contributed by atoms with Gasteiger partial charge in [0.2, 0.25) is 0 Å². The first-order valence-electron chi connectivity index (χ1n) is 4.76. The molecule has 1 saturated heterocycles. The van der Waals surface area contributed by atoms with Crippen molar-refractivity contribution < 1.29 is 9.47 Å². The predicted octanol–water partition coefficient (Wildman–Crippen LogP) is 3.71. The second kappa shape index (κ2) is 3.87. The Morgan fingerprint density at radius 2 is 2.07 bits per heavy atom. The largest absolute Gasteiger partial charge is 0.345 e. The SMILES string of the molecule is Brc1cccc2cc(C3OCCO3)sc12. The van der Waals surface area contributed by atoms with Crippen molar-refractivity contribution in [3.63, 3.8) is 0 Å². The van der Waals surface area contributed by atoms with Gasteiger partial charge in [-0.05, 0) is 33.4 Å². The number of rotatable bonds is 1. The first kappa shape index (κ1) is 9.78. The Labute approximate surface area is 99.9 Å². The van der Waals surface area contributed by atoms with E-state index < -0.39 is 0 Å². The summed E-state index contributed by atoms with van der Waals surface area (Å²) in [5, 5.41) is 1.24. The third-order valence-electron chi connectivity index (χ3n) is 2.37. The Kier molecular flexibility index (Phi) is 2.52. The van der Waals surface area contributed by atoms with Gasteiger partial charge in [0.1, 0.15) is 0 Å². The van der Waals surface area contributed by atoms with Gasteiger partial charge in [-0.3, -0.25) is 0 Å². The average molecular weight is 285 g/mol. The van der Waals surface area contributed by atoms with Gasteiger partial charge in [-0.25, -0.2) is 0 Å². The van der Waals surface area contributed by atoms with Crippen LogP contribution in [0.25, 0.3) is 10.1 Å². The molecule has 1 fully saturated rings. The Balaban J connectivity index is 2.09. The first-order chi connectivity index (χ1) is 7.34. The maximum atomic E-state index is 5.48. The third-order valence-corrected chi connectivity index (χ3v) is 4.50. The molecule has 0 spiro atoms. The van der Waals surface area contributed by atoms with Gasteiger partial charge >= 0.3 is 0 Å². The summed E-state index contributed by atoms with van der Waals surface area (Å²) in [7, 11) is 0. The van der Waals surface area contributed by atoms with Gasteiger partial charge in [-0.1, -0.05) is 12.1 Å². The summed E-state index contributed by atoms with van der Waals surface area (Å²) in [5.41, 5.74) is 0. The van der Waals surface area contributed by atoms with Crippen molar-refractivity contribution >= 4 is 37.4 Å². The summed E-state index contributed by atoms with van der Waals surface area (Å²) in [5.74, 6) is 0. The average Bonchev–Trinajstić information content (AvgIpc) is 2.86. The predicted molar refractivity (Wildman–Crippen MR) is 64.2 cm³/mol. The van der Waals surface area contributed by atoms with Crippen LogP contribution in [-0.2, 0) is 9.47 Å². The molecule has 0 aliphatic carbocycles. The molecule has 2 aromatic rings. The van der Waals surface area contributed by atoms with Crippen LogP contribution in [0.2, 0.25) is 0 Å². The fourth-order valence-corrected chi connectivity index (χ4v) is 3.37. The lowest BCUT2D eigenvalue weighted by molar-refractivity contribution is -0.0412. The summed E-state index contributed by atoms with van der Waals surface area (Å²) in [4.78, 5) is 1.15. The zero-order chi connectivity index (χ0) is 10.3. The molecule has 0 amide bonds. The van der Waals surface area contributed by atoms with Gasteiger partial charge < -0.3 is 9.47 Å². The second-order valence-electron chi connectivity index (χ2n) is 3.38. The normalized spacial score (nSPS) is 17.7. The van der Waals surface area contributed by atoms with Crippen LogP contribution in [0.3, 0.4) is 0 Å². The summed E-state index contributed by atoms with van der Waals surface area (Å²) < 4.78 is 13.4. The summed E-state index contributed by atoms with van der Waals surface area (Å²) in [6.45, 7) is 1.39. The lowest BCUT2D eigenvalue weighted by Crippen LogP contribution is -1.93. The fourth-order valence-electron chi connectivity index (χ4n) is 1.69. The van der Waals surface area contributed by atoms with Crippen LogP contribution in [0.15, 0.2) is 28.7 Å². The second-order valence-corrected chi connectivity index (χ2v) is 5.32. The van der Waals surface area contributed by atoms with Gasteiger partial charge in [-0.15, -0.1) is 11.3 Å². The molecular formula is C11H9BrO2S. The van der Waals surface area contributed by atoms with Crippen molar-refractivity contribution in [3.05, 3.63) is 33.6 Å². The van der Waals surface area contributed by atoms with Crippen LogP contribution in [-0.4, -0.2) is 13.2 Å². The Hall–Kier alpha value is -0.420. The number of hydrogen-bond acceptors (Lipinski definition) is 3. The van der Waals surface area contributed by atoms with Crippen LogP contribution >= 0.6 is 27.3 Å². The van der Waals surface area contributed by atoms with E-state index in [1.54, 1.807) is 11.3 Å². The molecule has 78 valence electrons. The number of halogens is 1. The molecule has 0 bridgehead atoms. The monoisotopic (exact) mass is 284 g/mol. The zero-order valence-corrected chi connectivity index (χ0v) is 10.3. The maximum Gasteiger partial charge on any atom is 0.193 e. The molecule has 0 unspecified atom stereocenters. The highest BCUT2D eigenvalue weighted by Crippen LogP contribution is 2.37. The fraction of sp³-hybridized carbons (Fsp3) is 0.273. The van der Waals surface area contributed by atoms with Crippen LogP contribution in [0.5, 0.6) is 0 Å². The highest BCUT2D eigenvalue weighted by atomic mass is 79.9. The van der Waals surface area contributed by atoms with Crippen molar-refractivity contribution in [2.24, 2.45) is 0 Å². The molecule has 2 nitrogen and oxygen atoms in total. The van der Waals surface area contributed by atoms with Crippen molar-refractivity contribution in [2.75, 3.05) is 13.2 Å². The molecule has 1 aromatic heterocycles. The Morgan fingerprint density at radius 1 is 1.27 bits per heavy atom. The van der Waals surface area contributed by atoms with Crippen molar-refractivity contribution in [1.82, 2.24) is 0 Å². The molecule has 0 radical (unpaired) electrons. The van der Waals surface area contributed by atoms with E-state index in [1.165, 1.54) is 10.1 Å². The number of benzene rings is 1. The van der Waals surface area contributed by atoms with E-state index in [1.807, 2.05) is 6.07 Å². The Bertz CT molecular complexity index is 488. The van der Waals surface area contributed by atoms with E-state index in [9.17, 15) is 0 Å². The minimum Gasteiger partial charge on any atom is -0.345 e. The molecule has 0 N–H and O–H groups in total.